The van der Waals surface area contributed by atoms with Crippen LogP contribution in [0.15, 0.2) is 0 Å². The van der Waals surface area contributed by atoms with Gasteiger partial charge in [-0.25, -0.2) is 4.79 Å². The minimum Gasteiger partial charge on any atom is -0.481 e. The van der Waals surface area contributed by atoms with Crippen LogP contribution in [0.5, 0.6) is 0 Å². The van der Waals surface area contributed by atoms with Gasteiger partial charge in [-0.15, -0.1) is 0 Å². The van der Waals surface area contributed by atoms with Crippen LogP contribution in [0.4, 0.5) is 0 Å². The lowest BCUT2D eigenvalue weighted by molar-refractivity contribution is -0.147. The van der Waals surface area contributed by atoms with E-state index >= 15 is 0 Å². The maximum absolute atomic E-state index is 11.8. The molecule has 1 rings (SSSR count). The van der Waals surface area contributed by atoms with Crippen LogP contribution >= 0.6 is 0 Å². The Hall–Kier alpha value is -2.16. The second kappa shape index (κ2) is 7.58. The van der Waals surface area contributed by atoms with Crippen molar-refractivity contribution in [1.82, 2.24) is 16.0 Å². The summed E-state index contributed by atoms with van der Waals surface area (Å²) in [6, 6.07) is -2.83. The molecule has 2 amide bonds. The van der Waals surface area contributed by atoms with Crippen LogP contribution in [0.25, 0.3) is 0 Å². The summed E-state index contributed by atoms with van der Waals surface area (Å²) < 4.78 is 0. The van der Waals surface area contributed by atoms with Gasteiger partial charge in [0.25, 0.3) is 0 Å². The second-order valence-electron chi connectivity index (χ2n) is 4.88. The summed E-state index contributed by atoms with van der Waals surface area (Å²) in [5.74, 6) is -3.86. The fraction of sp³-hybridized carbons (Fsp3) is 0.667. The van der Waals surface area contributed by atoms with E-state index in [2.05, 4.69) is 16.0 Å². The summed E-state index contributed by atoms with van der Waals surface area (Å²) in [5, 5.41) is 24.9. The molecule has 3 atom stereocenters. The molecule has 0 aromatic carbocycles. The zero-order chi connectivity index (χ0) is 16.0. The normalized spacial score (nSPS) is 20.3. The Balaban J connectivity index is 2.50. The van der Waals surface area contributed by atoms with Crippen LogP contribution in [-0.4, -0.2) is 58.6 Å². The quantitative estimate of drug-likeness (QED) is 0.376. The molecule has 5 N–H and O–H groups in total. The smallest absolute Gasteiger partial charge is 0.326 e. The highest BCUT2D eigenvalue weighted by Crippen LogP contribution is 2.05. The van der Waals surface area contributed by atoms with Crippen molar-refractivity contribution < 1.29 is 29.4 Å². The zero-order valence-electron chi connectivity index (χ0n) is 11.6. The molecule has 0 unspecified atom stereocenters. The zero-order valence-corrected chi connectivity index (χ0v) is 11.6. The van der Waals surface area contributed by atoms with Crippen molar-refractivity contribution in [2.45, 2.75) is 44.3 Å². The van der Waals surface area contributed by atoms with Gasteiger partial charge in [-0.05, 0) is 26.3 Å². The molecule has 118 valence electrons. The fourth-order valence-corrected chi connectivity index (χ4v) is 1.96. The first kappa shape index (κ1) is 16.9. The van der Waals surface area contributed by atoms with E-state index in [0.717, 1.165) is 13.0 Å². The summed E-state index contributed by atoms with van der Waals surface area (Å²) >= 11 is 0. The Morgan fingerprint density at radius 1 is 1.24 bits per heavy atom. The lowest BCUT2D eigenvalue weighted by Crippen LogP contribution is -2.53. The molecule has 1 aliphatic heterocycles. The minimum atomic E-state index is -1.53. The average molecular weight is 301 g/mol. The maximum atomic E-state index is 11.8. The van der Waals surface area contributed by atoms with E-state index in [1.165, 1.54) is 6.92 Å². The number of hydrogen-bond acceptors (Lipinski definition) is 5. The Morgan fingerprint density at radius 2 is 1.90 bits per heavy atom. The Labute approximate surface area is 121 Å². The van der Waals surface area contributed by atoms with Gasteiger partial charge in [0.2, 0.25) is 11.8 Å². The van der Waals surface area contributed by atoms with Gasteiger partial charge in [0.05, 0.1) is 12.5 Å². The van der Waals surface area contributed by atoms with Crippen molar-refractivity contribution in [3.8, 4) is 0 Å². The van der Waals surface area contributed by atoms with Crippen LogP contribution < -0.4 is 16.0 Å². The number of rotatable bonds is 7. The molecule has 9 heteroatoms. The van der Waals surface area contributed by atoms with Gasteiger partial charge in [-0.2, -0.15) is 0 Å². The third-order valence-corrected chi connectivity index (χ3v) is 3.12. The average Bonchev–Trinajstić information content (AvgIpc) is 2.90. The molecule has 9 nitrogen and oxygen atoms in total. The van der Waals surface area contributed by atoms with E-state index in [-0.39, 0.29) is 11.9 Å². The van der Waals surface area contributed by atoms with Gasteiger partial charge in [0.15, 0.2) is 0 Å². The fourth-order valence-electron chi connectivity index (χ4n) is 1.96. The van der Waals surface area contributed by atoms with Gasteiger partial charge in [-0.1, -0.05) is 0 Å². The molecule has 1 heterocycles. The van der Waals surface area contributed by atoms with E-state index in [1.54, 1.807) is 0 Å². The first-order valence-corrected chi connectivity index (χ1v) is 6.60. The summed E-state index contributed by atoms with van der Waals surface area (Å²) in [5.41, 5.74) is 0. The summed E-state index contributed by atoms with van der Waals surface area (Å²) in [4.78, 5) is 45.0. The highest BCUT2D eigenvalue weighted by Gasteiger charge is 2.28. The van der Waals surface area contributed by atoms with Crippen LogP contribution in [0.2, 0.25) is 0 Å². The van der Waals surface area contributed by atoms with E-state index in [1.807, 2.05) is 0 Å². The van der Waals surface area contributed by atoms with Crippen molar-refractivity contribution in [2.75, 3.05) is 6.54 Å². The molecule has 0 aromatic heterocycles. The summed E-state index contributed by atoms with van der Waals surface area (Å²) in [6.07, 6.45) is 0.821. The van der Waals surface area contributed by atoms with Gasteiger partial charge in [0, 0.05) is 0 Å². The molecule has 0 aromatic rings. The van der Waals surface area contributed by atoms with E-state index in [9.17, 15) is 19.2 Å². The molecule has 0 saturated carbocycles. The third-order valence-electron chi connectivity index (χ3n) is 3.12. The molecule has 1 saturated heterocycles. The van der Waals surface area contributed by atoms with Gasteiger partial charge in [-0.3, -0.25) is 14.4 Å². The van der Waals surface area contributed by atoms with Gasteiger partial charge < -0.3 is 26.2 Å². The van der Waals surface area contributed by atoms with Gasteiger partial charge in [0.1, 0.15) is 12.1 Å². The van der Waals surface area contributed by atoms with E-state index < -0.39 is 36.4 Å². The predicted octanol–water partition coefficient (Wildman–Crippen LogP) is -1.71. The standard InChI is InChI=1S/C12H19N3O6/c1-6(14-11(19)7-3-2-4-13-7)10(18)15-8(12(20)21)5-9(16)17/h6-8,13H,2-5H2,1H3,(H,14,19)(H,15,18)(H,16,17)(H,20,21)/t6-,7-,8-/m0/s1. The van der Waals surface area contributed by atoms with Gasteiger partial charge >= 0.3 is 11.9 Å². The van der Waals surface area contributed by atoms with Crippen LogP contribution in [-0.2, 0) is 19.2 Å². The predicted molar refractivity (Wildman–Crippen MR) is 70.4 cm³/mol. The molecule has 0 radical (unpaired) electrons. The highest BCUT2D eigenvalue weighted by molar-refractivity contribution is 5.92. The van der Waals surface area contributed by atoms with Crippen LogP contribution in [0.3, 0.4) is 0 Å². The monoisotopic (exact) mass is 301 g/mol. The number of carbonyl (C=O) groups excluding carboxylic acids is 2. The lowest BCUT2D eigenvalue weighted by Gasteiger charge is -2.19. The topological polar surface area (TPSA) is 145 Å². The second-order valence-corrected chi connectivity index (χ2v) is 4.88. The molecular formula is C12H19N3O6. The number of carbonyl (C=O) groups is 4. The van der Waals surface area contributed by atoms with Crippen LogP contribution in [0, 0.1) is 0 Å². The number of aliphatic carboxylic acids is 2. The third kappa shape index (κ3) is 5.38. The van der Waals surface area contributed by atoms with Crippen molar-refractivity contribution in [1.29, 1.82) is 0 Å². The van der Waals surface area contributed by atoms with Crippen LogP contribution in [0.1, 0.15) is 26.2 Å². The lowest BCUT2D eigenvalue weighted by atomic mass is 10.1. The molecule has 1 aliphatic rings. The molecule has 21 heavy (non-hydrogen) atoms. The summed E-state index contributed by atoms with van der Waals surface area (Å²) in [7, 11) is 0. The van der Waals surface area contributed by atoms with Crippen molar-refractivity contribution in [3.05, 3.63) is 0 Å². The summed E-state index contributed by atoms with van der Waals surface area (Å²) in [6.45, 7) is 2.14. The highest BCUT2D eigenvalue weighted by atomic mass is 16.4. The molecule has 0 spiro atoms. The number of nitrogens with one attached hydrogen (secondary N) is 3. The Bertz CT molecular complexity index is 433. The van der Waals surface area contributed by atoms with E-state index in [4.69, 9.17) is 10.2 Å². The minimum absolute atomic E-state index is 0.333. The number of hydrogen-bond donors (Lipinski definition) is 5. The first-order valence-electron chi connectivity index (χ1n) is 6.60. The van der Waals surface area contributed by atoms with Crippen molar-refractivity contribution in [3.63, 3.8) is 0 Å². The number of carboxylic acids is 2. The molecule has 1 fully saturated rings. The Kier molecular flexibility index (Phi) is 6.10. The Morgan fingerprint density at radius 3 is 2.38 bits per heavy atom. The molecule has 0 aliphatic carbocycles. The number of amides is 2. The molecular weight excluding hydrogens is 282 g/mol. The SMILES string of the molecule is C[C@H](NC(=O)[C@@H]1CCCN1)C(=O)N[C@@H](CC(=O)O)C(=O)O. The number of carboxylic acid groups (broad SMARTS) is 2. The molecule has 0 bridgehead atoms. The maximum Gasteiger partial charge on any atom is 0.326 e. The largest absolute Gasteiger partial charge is 0.481 e. The van der Waals surface area contributed by atoms with Crippen molar-refractivity contribution >= 4 is 23.8 Å². The first-order chi connectivity index (χ1) is 9.81. The van der Waals surface area contributed by atoms with E-state index in [0.29, 0.717) is 6.42 Å². The van der Waals surface area contributed by atoms with Crippen molar-refractivity contribution in [2.24, 2.45) is 0 Å².